The van der Waals surface area contributed by atoms with Gasteiger partial charge in [-0.3, -0.25) is 9.79 Å². The van der Waals surface area contributed by atoms with Crippen molar-refractivity contribution >= 4 is 11.5 Å². The molecule has 24 heavy (non-hydrogen) atoms. The Labute approximate surface area is 142 Å². The molecule has 0 amide bonds. The number of pyridine rings is 1. The van der Waals surface area contributed by atoms with E-state index in [9.17, 15) is 9.90 Å². The van der Waals surface area contributed by atoms with E-state index in [-0.39, 0.29) is 30.1 Å². The molecule has 2 aromatic rings. The van der Waals surface area contributed by atoms with Crippen LogP contribution in [0.4, 0.5) is 5.69 Å². The first-order chi connectivity index (χ1) is 10.8. The quantitative estimate of drug-likeness (QED) is 0.511. The second kappa shape index (κ2) is 7.68. The molecule has 1 aromatic heterocycles. The highest BCUT2D eigenvalue weighted by molar-refractivity contribution is 6.02. The minimum atomic E-state index is -0.286. The van der Waals surface area contributed by atoms with Crippen molar-refractivity contribution < 1.29 is 5.11 Å². The van der Waals surface area contributed by atoms with Crippen molar-refractivity contribution in [3.05, 3.63) is 58.0 Å². The third-order valence-corrected chi connectivity index (χ3v) is 3.09. The number of nitrogens with one attached hydrogen (secondary N) is 2. The Kier molecular flexibility index (Phi) is 6.17. The summed E-state index contributed by atoms with van der Waals surface area (Å²) in [6.45, 7) is 6.33. The van der Waals surface area contributed by atoms with Gasteiger partial charge in [-0.15, -0.1) is 0 Å². The van der Waals surface area contributed by atoms with Crippen molar-refractivity contribution in [2.75, 3.05) is 5.32 Å². The molecule has 2 rings (SSSR count). The smallest absolute Gasteiger partial charge is 0.261 e. The average molecular weight is 330 g/mol. The van der Waals surface area contributed by atoms with Crippen LogP contribution < -0.4 is 16.6 Å². The number of hydrogen-bond acceptors (Lipinski definition) is 4. The molecule has 0 saturated heterocycles. The number of benzene rings is 1. The zero-order valence-electron chi connectivity index (χ0n) is 13.6. The zero-order chi connectivity index (χ0) is 17.0. The summed E-state index contributed by atoms with van der Waals surface area (Å²) >= 11 is 0. The summed E-state index contributed by atoms with van der Waals surface area (Å²) in [5, 5.41) is 12.5. The number of aromatic hydroxyl groups is 1. The average Bonchev–Trinajstić information content (AvgIpc) is 2.45. The van der Waals surface area contributed by atoms with Crippen LogP contribution in [0.2, 0.25) is 0 Å². The van der Waals surface area contributed by atoms with Crippen LogP contribution in [0, 0.1) is 0 Å². The number of H-pyrrole nitrogens is 1. The molecule has 0 saturated carbocycles. The summed E-state index contributed by atoms with van der Waals surface area (Å²) in [6.07, 6.45) is 1.58. The standard InChI is InChI=1S/C17H22N4O2.CH4/c1-17(2,3)21-13-8-9-19-16(23)14(13)15(18)20-10-11-4-6-12(22)7-5-11;/h4-9,22H,10H2,1-3H3,(H2,18,20)(H2,19,21,23);1H4. The van der Waals surface area contributed by atoms with Crippen molar-refractivity contribution in [2.24, 2.45) is 10.7 Å². The van der Waals surface area contributed by atoms with Gasteiger partial charge in [0, 0.05) is 11.7 Å². The van der Waals surface area contributed by atoms with Crippen LogP contribution in [0.5, 0.6) is 5.75 Å². The van der Waals surface area contributed by atoms with Gasteiger partial charge in [-0.2, -0.15) is 0 Å². The Balaban J connectivity index is 0.00000288. The monoisotopic (exact) mass is 330 g/mol. The summed E-state index contributed by atoms with van der Waals surface area (Å²) in [7, 11) is 0. The summed E-state index contributed by atoms with van der Waals surface area (Å²) in [5.41, 5.74) is 7.41. The van der Waals surface area contributed by atoms with Crippen LogP contribution >= 0.6 is 0 Å². The topological polar surface area (TPSA) is 104 Å². The van der Waals surface area contributed by atoms with Gasteiger partial charge in [0.2, 0.25) is 0 Å². The maximum absolute atomic E-state index is 12.1. The van der Waals surface area contributed by atoms with Gasteiger partial charge in [-0.05, 0) is 44.5 Å². The number of nitrogens with zero attached hydrogens (tertiary/aromatic N) is 1. The summed E-state index contributed by atoms with van der Waals surface area (Å²) in [5.74, 6) is 0.369. The molecule has 6 heteroatoms. The number of rotatable bonds is 4. The van der Waals surface area contributed by atoms with E-state index in [1.165, 1.54) is 0 Å². The fourth-order valence-corrected chi connectivity index (χ4v) is 2.10. The molecule has 5 N–H and O–H groups in total. The Morgan fingerprint density at radius 3 is 2.46 bits per heavy atom. The van der Waals surface area contributed by atoms with Gasteiger partial charge in [0.05, 0.1) is 12.2 Å². The number of aliphatic imine (C=N–C) groups is 1. The maximum atomic E-state index is 12.1. The third kappa shape index (κ3) is 5.15. The first kappa shape index (κ1) is 19.3. The van der Waals surface area contributed by atoms with Crippen LogP contribution in [0.25, 0.3) is 0 Å². The lowest BCUT2D eigenvalue weighted by Gasteiger charge is -2.23. The highest BCUT2D eigenvalue weighted by atomic mass is 16.3. The minimum absolute atomic E-state index is 0. The highest BCUT2D eigenvalue weighted by Gasteiger charge is 2.16. The van der Waals surface area contributed by atoms with E-state index < -0.39 is 0 Å². The summed E-state index contributed by atoms with van der Waals surface area (Å²) in [4.78, 5) is 19.1. The molecule has 0 unspecified atom stereocenters. The number of hydrogen-bond donors (Lipinski definition) is 4. The largest absolute Gasteiger partial charge is 0.508 e. The van der Waals surface area contributed by atoms with Gasteiger partial charge in [0.15, 0.2) is 0 Å². The molecule has 0 aliphatic rings. The SMILES string of the molecule is C.CC(C)(C)Nc1cc[nH]c(=O)c1C(N)=NCc1ccc(O)cc1. The summed E-state index contributed by atoms with van der Waals surface area (Å²) in [6, 6.07) is 8.46. The third-order valence-electron chi connectivity index (χ3n) is 3.09. The predicted octanol–water partition coefficient (Wildman–Crippen LogP) is 2.83. The van der Waals surface area contributed by atoms with E-state index in [0.29, 0.717) is 17.8 Å². The first-order valence-electron chi connectivity index (χ1n) is 7.34. The number of aromatic amines is 1. The number of nitrogens with two attached hydrogens (primary N) is 1. The molecule has 0 radical (unpaired) electrons. The fraction of sp³-hybridized carbons (Fsp3) is 0.333. The zero-order valence-corrected chi connectivity index (χ0v) is 13.6. The number of phenols is 1. The van der Waals surface area contributed by atoms with Crippen molar-refractivity contribution in [3.8, 4) is 5.75 Å². The van der Waals surface area contributed by atoms with Crippen LogP contribution in [-0.4, -0.2) is 21.5 Å². The van der Waals surface area contributed by atoms with Crippen LogP contribution in [0.15, 0.2) is 46.3 Å². The van der Waals surface area contributed by atoms with Crippen LogP contribution in [-0.2, 0) is 6.54 Å². The first-order valence-corrected chi connectivity index (χ1v) is 7.34. The van der Waals surface area contributed by atoms with Crippen molar-refractivity contribution in [2.45, 2.75) is 40.3 Å². The van der Waals surface area contributed by atoms with Crippen molar-refractivity contribution in [1.29, 1.82) is 0 Å². The van der Waals surface area contributed by atoms with Gasteiger partial charge in [-0.1, -0.05) is 19.6 Å². The predicted molar refractivity (Wildman–Crippen MR) is 99.7 cm³/mol. The van der Waals surface area contributed by atoms with Gasteiger partial charge < -0.3 is 21.1 Å². The highest BCUT2D eigenvalue weighted by Crippen LogP contribution is 2.17. The molecular formula is C18H26N4O2. The number of phenolic OH excluding ortho intramolecular Hbond substituents is 1. The van der Waals surface area contributed by atoms with Gasteiger partial charge in [0.25, 0.3) is 5.56 Å². The van der Waals surface area contributed by atoms with Gasteiger partial charge in [0.1, 0.15) is 17.1 Å². The molecule has 6 nitrogen and oxygen atoms in total. The second-order valence-electron chi connectivity index (χ2n) is 6.34. The molecule has 0 aliphatic heterocycles. The van der Waals surface area contributed by atoms with Crippen molar-refractivity contribution in [1.82, 2.24) is 4.98 Å². The molecule has 0 aliphatic carbocycles. The molecule has 0 fully saturated rings. The Bertz CT molecular complexity index is 756. The van der Waals surface area contributed by atoms with E-state index in [2.05, 4.69) is 15.3 Å². The molecular weight excluding hydrogens is 304 g/mol. The van der Waals surface area contributed by atoms with Gasteiger partial charge in [-0.25, -0.2) is 0 Å². The van der Waals surface area contributed by atoms with Crippen molar-refractivity contribution in [3.63, 3.8) is 0 Å². The normalized spacial score (nSPS) is 11.7. The van der Waals surface area contributed by atoms with Crippen LogP contribution in [0.1, 0.15) is 39.3 Å². The lowest BCUT2D eigenvalue weighted by atomic mass is 10.1. The van der Waals surface area contributed by atoms with E-state index in [0.717, 1.165) is 5.56 Å². The summed E-state index contributed by atoms with van der Waals surface area (Å²) < 4.78 is 0. The Morgan fingerprint density at radius 2 is 1.88 bits per heavy atom. The minimum Gasteiger partial charge on any atom is -0.508 e. The second-order valence-corrected chi connectivity index (χ2v) is 6.34. The maximum Gasteiger partial charge on any atom is 0.261 e. The molecule has 0 atom stereocenters. The van der Waals surface area contributed by atoms with E-state index in [4.69, 9.17) is 5.73 Å². The molecule has 0 spiro atoms. The van der Waals surface area contributed by atoms with Crippen LogP contribution in [0.3, 0.4) is 0 Å². The number of aromatic nitrogens is 1. The van der Waals surface area contributed by atoms with Gasteiger partial charge >= 0.3 is 0 Å². The Morgan fingerprint density at radius 1 is 1.25 bits per heavy atom. The Hall–Kier alpha value is -2.76. The molecule has 0 bridgehead atoms. The molecule has 1 aromatic carbocycles. The molecule has 130 valence electrons. The van der Waals surface area contributed by atoms with E-state index in [1.54, 1.807) is 36.5 Å². The van der Waals surface area contributed by atoms with E-state index >= 15 is 0 Å². The lowest BCUT2D eigenvalue weighted by molar-refractivity contribution is 0.475. The molecule has 1 heterocycles. The number of amidine groups is 1. The van der Waals surface area contributed by atoms with E-state index in [1.807, 2.05) is 20.8 Å². The fourth-order valence-electron chi connectivity index (χ4n) is 2.10. The lowest BCUT2D eigenvalue weighted by Crippen LogP contribution is -2.32. The number of anilines is 1.